The second kappa shape index (κ2) is 11.8. The lowest BCUT2D eigenvalue weighted by Gasteiger charge is -2.07. The van der Waals surface area contributed by atoms with Crippen molar-refractivity contribution in [1.82, 2.24) is 0 Å². The number of hydrogen-bond donors (Lipinski definition) is 1. The van der Waals surface area contributed by atoms with Crippen LogP contribution in [0.3, 0.4) is 0 Å². The predicted octanol–water partition coefficient (Wildman–Crippen LogP) is 2.63. The molecule has 0 fully saturated rings. The summed E-state index contributed by atoms with van der Waals surface area (Å²) in [6, 6.07) is 0. The third-order valence-corrected chi connectivity index (χ3v) is 1.83. The largest absolute Gasteiger partial charge is 0.481 e. The van der Waals surface area contributed by atoms with Gasteiger partial charge in [0, 0.05) is 0 Å². The van der Waals surface area contributed by atoms with E-state index < -0.39 is 17.9 Å². The molecular formula is C12H22O4. The Morgan fingerprint density at radius 2 is 1.81 bits per heavy atom. The number of carbonyl (C=O) groups excluding carboxylic acids is 1. The highest BCUT2D eigenvalue weighted by Gasteiger charge is 2.25. The van der Waals surface area contributed by atoms with Gasteiger partial charge in [-0.25, -0.2) is 0 Å². The van der Waals surface area contributed by atoms with Crippen LogP contribution in [0.2, 0.25) is 0 Å². The van der Waals surface area contributed by atoms with Crippen molar-refractivity contribution < 1.29 is 19.4 Å². The number of carbonyl (C=O) groups is 2. The average Bonchev–Trinajstić information content (AvgIpc) is 2.27. The summed E-state index contributed by atoms with van der Waals surface area (Å²) in [5, 5.41) is 8.52. The highest BCUT2D eigenvalue weighted by Crippen LogP contribution is 2.04. The van der Waals surface area contributed by atoms with Gasteiger partial charge in [-0.15, -0.1) is 0 Å². The van der Waals surface area contributed by atoms with Crippen molar-refractivity contribution in [2.75, 3.05) is 6.61 Å². The zero-order valence-corrected chi connectivity index (χ0v) is 10.4. The molecular weight excluding hydrogens is 208 g/mol. The molecule has 1 atom stereocenters. The van der Waals surface area contributed by atoms with Crippen molar-refractivity contribution in [2.24, 2.45) is 5.92 Å². The van der Waals surface area contributed by atoms with Crippen molar-refractivity contribution in [1.29, 1.82) is 0 Å². The molecule has 94 valence electrons. The number of carboxylic acid groups (broad SMARTS) is 1. The first-order valence-electron chi connectivity index (χ1n) is 5.55. The molecule has 0 radical (unpaired) electrons. The van der Waals surface area contributed by atoms with Crippen LogP contribution in [0.1, 0.15) is 40.0 Å². The maximum Gasteiger partial charge on any atom is 0.320 e. The third kappa shape index (κ3) is 9.24. The van der Waals surface area contributed by atoms with E-state index in [4.69, 9.17) is 5.11 Å². The molecule has 0 heterocycles. The maximum absolute atomic E-state index is 10.9. The smallest absolute Gasteiger partial charge is 0.320 e. The lowest BCUT2D eigenvalue weighted by molar-refractivity contribution is -0.157. The Labute approximate surface area is 97.3 Å². The van der Waals surface area contributed by atoms with Gasteiger partial charge in [0.05, 0.1) is 0 Å². The number of aliphatic carboxylic acids is 1. The summed E-state index contributed by atoms with van der Waals surface area (Å²) in [5.74, 6) is -2.90. The summed E-state index contributed by atoms with van der Waals surface area (Å²) in [4.78, 5) is 21.3. The van der Waals surface area contributed by atoms with Crippen LogP contribution in [0.5, 0.6) is 0 Å². The molecule has 4 heteroatoms. The van der Waals surface area contributed by atoms with E-state index in [9.17, 15) is 9.59 Å². The summed E-state index contributed by atoms with van der Waals surface area (Å²) in [5.41, 5.74) is 0. The molecule has 0 aliphatic carbocycles. The van der Waals surface area contributed by atoms with Crippen LogP contribution in [0, 0.1) is 5.92 Å². The van der Waals surface area contributed by atoms with Gasteiger partial charge in [-0.2, -0.15) is 0 Å². The molecule has 0 aromatic heterocycles. The maximum atomic E-state index is 10.9. The van der Waals surface area contributed by atoms with E-state index >= 15 is 0 Å². The van der Waals surface area contributed by atoms with Crippen LogP contribution >= 0.6 is 0 Å². The Kier molecular flexibility index (Phi) is 12.6. The van der Waals surface area contributed by atoms with Gasteiger partial charge in [-0.05, 0) is 6.42 Å². The van der Waals surface area contributed by atoms with E-state index in [-0.39, 0.29) is 13.0 Å². The molecule has 0 aliphatic heterocycles. The first kappa shape index (κ1) is 17.1. The van der Waals surface area contributed by atoms with Crippen LogP contribution < -0.4 is 0 Å². The quantitative estimate of drug-likeness (QED) is 0.433. The molecule has 4 nitrogen and oxygen atoms in total. The topological polar surface area (TPSA) is 63.6 Å². The molecule has 0 aromatic rings. The number of unbranched alkanes of at least 4 members (excludes halogenated alkanes) is 1. The molecule has 0 rings (SSSR count). The minimum Gasteiger partial charge on any atom is -0.481 e. The molecule has 0 aromatic carbocycles. The Morgan fingerprint density at radius 1 is 1.31 bits per heavy atom. The zero-order chi connectivity index (χ0) is 13.0. The predicted molar refractivity (Wildman–Crippen MR) is 63.2 cm³/mol. The molecule has 0 spiro atoms. The zero-order valence-electron chi connectivity index (χ0n) is 10.4. The third-order valence-electron chi connectivity index (χ3n) is 1.83. The van der Waals surface area contributed by atoms with Gasteiger partial charge in [0.2, 0.25) is 0 Å². The SMILES string of the molecule is C=CCOC(=O)C(CC)C(=O)O.CCCC. The van der Waals surface area contributed by atoms with E-state index in [1.54, 1.807) is 6.92 Å². The molecule has 0 aliphatic rings. The Morgan fingerprint density at radius 3 is 2.06 bits per heavy atom. The first-order valence-corrected chi connectivity index (χ1v) is 5.55. The number of rotatable bonds is 6. The number of ether oxygens (including phenoxy) is 1. The highest BCUT2D eigenvalue weighted by atomic mass is 16.5. The Bertz CT molecular complexity index is 209. The van der Waals surface area contributed by atoms with Crippen LogP contribution in [-0.2, 0) is 14.3 Å². The summed E-state index contributed by atoms with van der Waals surface area (Å²) in [6.07, 6.45) is 4.28. The first-order chi connectivity index (χ1) is 7.54. The summed E-state index contributed by atoms with van der Waals surface area (Å²) in [7, 11) is 0. The van der Waals surface area contributed by atoms with Crippen molar-refractivity contribution in [3.05, 3.63) is 12.7 Å². The average molecular weight is 230 g/mol. The fourth-order valence-corrected chi connectivity index (χ4v) is 0.684. The number of hydrogen-bond acceptors (Lipinski definition) is 3. The minimum absolute atomic E-state index is 0.0581. The van der Waals surface area contributed by atoms with Gasteiger partial charge < -0.3 is 9.84 Å². The molecule has 0 bridgehead atoms. The lowest BCUT2D eigenvalue weighted by atomic mass is 10.1. The van der Waals surface area contributed by atoms with Crippen LogP contribution in [0.25, 0.3) is 0 Å². The van der Waals surface area contributed by atoms with Crippen molar-refractivity contribution in [2.45, 2.75) is 40.0 Å². The second-order valence-electron chi connectivity index (χ2n) is 3.22. The van der Waals surface area contributed by atoms with Gasteiger partial charge in [0.25, 0.3) is 0 Å². The molecule has 0 saturated heterocycles. The van der Waals surface area contributed by atoms with Crippen molar-refractivity contribution >= 4 is 11.9 Å². The summed E-state index contributed by atoms with van der Waals surface area (Å²) in [6.45, 7) is 9.38. The Balaban J connectivity index is 0. The van der Waals surface area contributed by atoms with Gasteiger partial charge in [0.1, 0.15) is 6.61 Å². The van der Waals surface area contributed by atoms with Gasteiger partial charge in [-0.3, -0.25) is 9.59 Å². The van der Waals surface area contributed by atoms with Gasteiger partial charge in [0.15, 0.2) is 5.92 Å². The molecule has 0 amide bonds. The van der Waals surface area contributed by atoms with Crippen molar-refractivity contribution in [3.8, 4) is 0 Å². The molecule has 1 N–H and O–H groups in total. The van der Waals surface area contributed by atoms with E-state index in [0.717, 1.165) is 0 Å². The highest BCUT2D eigenvalue weighted by molar-refractivity contribution is 5.93. The van der Waals surface area contributed by atoms with Crippen LogP contribution in [-0.4, -0.2) is 23.7 Å². The fraction of sp³-hybridized carbons (Fsp3) is 0.667. The summed E-state index contributed by atoms with van der Waals surface area (Å²) >= 11 is 0. The van der Waals surface area contributed by atoms with E-state index in [0.29, 0.717) is 0 Å². The fourth-order valence-electron chi connectivity index (χ4n) is 0.684. The monoisotopic (exact) mass is 230 g/mol. The van der Waals surface area contributed by atoms with E-state index in [2.05, 4.69) is 25.2 Å². The second-order valence-corrected chi connectivity index (χ2v) is 3.22. The van der Waals surface area contributed by atoms with Crippen molar-refractivity contribution in [3.63, 3.8) is 0 Å². The molecule has 1 unspecified atom stereocenters. The molecule has 0 saturated carbocycles. The summed E-state index contributed by atoms with van der Waals surface area (Å²) < 4.78 is 4.57. The number of carboxylic acids is 1. The van der Waals surface area contributed by atoms with Gasteiger partial charge in [-0.1, -0.05) is 46.3 Å². The van der Waals surface area contributed by atoms with E-state index in [1.807, 2.05) is 0 Å². The minimum atomic E-state index is -1.15. The van der Waals surface area contributed by atoms with E-state index in [1.165, 1.54) is 18.9 Å². The Hall–Kier alpha value is -1.32. The normalized spacial score (nSPS) is 10.7. The number of esters is 1. The van der Waals surface area contributed by atoms with Crippen LogP contribution in [0.4, 0.5) is 0 Å². The lowest BCUT2D eigenvalue weighted by Crippen LogP contribution is -2.25. The standard InChI is InChI=1S/C8H12O4.C4H10/c1-3-5-12-8(11)6(4-2)7(9)10;1-3-4-2/h3,6H,1,4-5H2,2H3,(H,9,10);3-4H2,1-2H3. The van der Waals surface area contributed by atoms with Gasteiger partial charge >= 0.3 is 11.9 Å². The molecule has 16 heavy (non-hydrogen) atoms. The van der Waals surface area contributed by atoms with Crippen LogP contribution in [0.15, 0.2) is 12.7 Å².